The van der Waals surface area contributed by atoms with Crippen LogP contribution in [0.2, 0.25) is 0 Å². The molecule has 0 saturated carbocycles. The average molecular weight is 346 g/mol. The van der Waals surface area contributed by atoms with E-state index in [1.54, 1.807) is 12.4 Å². The highest BCUT2D eigenvalue weighted by atomic mass is 32.2. The molecule has 6 nitrogen and oxygen atoms in total. The molecule has 3 aromatic rings. The minimum absolute atomic E-state index is 0.158. The molecule has 3 aromatic heterocycles. The van der Waals surface area contributed by atoms with Gasteiger partial charge in [-0.2, -0.15) is 5.10 Å². The van der Waals surface area contributed by atoms with Gasteiger partial charge in [-0.3, -0.25) is 5.10 Å². The Labute approximate surface area is 141 Å². The zero-order chi connectivity index (χ0) is 17.3. The summed E-state index contributed by atoms with van der Waals surface area (Å²) in [6.07, 6.45) is 4.94. The van der Waals surface area contributed by atoms with Gasteiger partial charge in [-0.05, 0) is 32.4 Å². The van der Waals surface area contributed by atoms with Crippen LogP contribution in [0.5, 0.6) is 0 Å². The topological polar surface area (TPSA) is 91.5 Å². The number of sulfone groups is 1. The molecule has 0 spiro atoms. The van der Waals surface area contributed by atoms with Crippen LogP contribution >= 0.6 is 0 Å². The molecule has 0 radical (unpaired) electrons. The second-order valence-electron chi connectivity index (χ2n) is 6.09. The third-order valence-corrected chi connectivity index (χ3v) is 6.42. The maximum Gasteiger partial charge on any atom is 0.161 e. The van der Waals surface area contributed by atoms with E-state index in [1.807, 2.05) is 32.9 Å². The van der Waals surface area contributed by atoms with Crippen LogP contribution in [0.3, 0.4) is 0 Å². The molecule has 0 saturated heterocycles. The fourth-order valence-electron chi connectivity index (χ4n) is 3.13. The number of aromatic amines is 2. The fourth-order valence-corrected chi connectivity index (χ4v) is 5.35. The maximum absolute atomic E-state index is 13.2. The van der Waals surface area contributed by atoms with Gasteiger partial charge in [0.05, 0.1) is 11.4 Å². The minimum Gasteiger partial charge on any atom is -0.346 e. The molecule has 0 bridgehead atoms. The predicted molar refractivity (Wildman–Crippen MR) is 94.7 cm³/mol. The van der Waals surface area contributed by atoms with Gasteiger partial charge < -0.3 is 4.98 Å². The number of fused-ring (bicyclic) bond motifs is 1. The highest BCUT2D eigenvalue weighted by molar-refractivity contribution is 7.91. The van der Waals surface area contributed by atoms with Crippen LogP contribution in [0, 0.1) is 13.8 Å². The van der Waals surface area contributed by atoms with E-state index in [2.05, 4.69) is 20.2 Å². The number of hydrogen-bond acceptors (Lipinski definition) is 4. The maximum atomic E-state index is 13.2. The normalized spacial score (nSPS) is 13.5. The van der Waals surface area contributed by atoms with E-state index in [4.69, 9.17) is 0 Å². The molecular weight excluding hydrogens is 324 g/mol. The Bertz CT molecular complexity index is 937. The molecule has 3 rings (SSSR count). The summed E-state index contributed by atoms with van der Waals surface area (Å²) >= 11 is 0. The first-order valence-electron chi connectivity index (χ1n) is 8.10. The number of pyridine rings is 1. The molecule has 1 unspecified atom stereocenters. The van der Waals surface area contributed by atoms with E-state index in [1.165, 1.54) is 0 Å². The summed E-state index contributed by atoms with van der Waals surface area (Å²) in [4.78, 5) is 7.37. The highest BCUT2D eigenvalue weighted by Gasteiger charge is 2.34. The van der Waals surface area contributed by atoms with Crippen molar-refractivity contribution in [2.75, 3.05) is 5.75 Å². The largest absolute Gasteiger partial charge is 0.346 e. The van der Waals surface area contributed by atoms with Crippen LogP contribution in [-0.4, -0.2) is 34.3 Å². The monoisotopic (exact) mass is 346 g/mol. The van der Waals surface area contributed by atoms with Crippen molar-refractivity contribution in [3.8, 4) is 0 Å². The summed E-state index contributed by atoms with van der Waals surface area (Å²) in [5.74, 6) is 0.158. The SMILES string of the molecule is CCCCS(=O)(=O)C(c1c(C)n[nH]c1C)c1c[nH]c2ncccc12. The molecule has 0 aliphatic heterocycles. The van der Waals surface area contributed by atoms with Gasteiger partial charge in [-0.25, -0.2) is 13.4 Å². The Balaban J connectivity index is 2.23. The summed E-state index contributed by atoms with van der Waals surface area (Å²) in [6.45, 7) is 5.70. The number of aromatic nitrogens is 4. The Kier molecular flexibility index (Phi) is 4.45. The van der Waals surface area contributed by atoms with Crippen molar-refractivity contribution >= 4 is 20.9 Å². The molecular formula is C17H22N4O2S. The van der Waals surface area contributed by atoms with Crippen molar-refractivity contribution in [1.82, 2.24) is 20.2 Å². The summed E-state index contributed by atoms with van der Waals surface area (Å²) in [5, 5.41) is 7.22. The van der Waals surface area contributed by atoms with Crippen molar-refractivity contribution in [2.45, 2.75) is 38.9 Å². The minimum atomic E-state index is -3.37. The molecule has 0 aliphatic carbocycles. The fraction of sp³-hybridized carbons (Fsp3) is 0.412. The number of H-pyrrole nitrogens is 2. The Hall–Kier alpha value is -2.15. The van der Waals surface area contributed by atoms with Crippen LogP contribution in [0.1, 0.15) is 47.5 Å². The quantitative estimate of drug-likeness (QED) is 0.717. The van der Waals surface area contributed by atoms with Gasteiger partial charge >= 0.3 is 0 Å². The number of nitrogens with one attached hydrogen (secondary N) is 2. The van der Waals surface area contributed by atoms with Crippen LogP contribution in [0.4, 0.5) is 0 Å². The number of unbranched alkanes of at least 4 members (excludes halogenated alkanes) is 1. The summed E-state index contributed by atoms with van der Waals surface area (Å²) < 4.78 is 26.3. The number of aryl methyl sites for hydroxylation is 2. The first kappa shape index (κ1) is 16.7. The van der Waals surface area contributed by atoms with Gasteiger partial charge in [-0.1, -0.05) is 13.3 Å². The molecule has 1 atom stereocenters. The molecule has 7 heteroatoms. The summed E-state index contributed by atoms with van der Waals surface area (Å²) in [7, 11) is -3.37. The lowest BCUT2D eigenvalue weighted by molar-refractivity contribution is 0.585. The van der Waals surface area contributed by atoms with Crippen LogP contribution < -0.4 is 0 Å². The van der Waals surface area contributed by atoms with Crippen LogP contribution in [-0.2, 0) is 9.84 Å². The van der Waals surface area contributed by atoms with E-state index in [-0.39, 0.29) is 5.75 Å². The molecule has 0 fully saturated rings. The van der Waals surface area contributed by atoms with E-state index < -0.39 is 15.1 Å². The molecule has 128 valence electrons. The van der Waals surface area contributed by atoms with E-state index >= 15 is 0 Å². The second kappa shape index (κ2) is 6.39. The zero-order valence-electron chi connectivity index (χ0n) is 14.1. The molecule has 2 N–H and O–H groups in total. The van der Waals surface area contributed by atoms with Crippen molar-refractivity contribution < 1.29 is 8.42 Å². The Morgan fingerprint density at radius 2 is 2.08 bits per heavy atom. The molecule has 0 aliphatic rings. The summed E-state index contributed by atoms with van der Waals surface area (Å²) in [5.41, 5.74) is 3.69. The second-order valence-corrected chi connectivity index (χ2v) is 8.30. The van der Waals surface area contributed by atoms with Crippen molar-refractivity contribution in [1.29, 1.82) is 0 Å². The lowest BCUT2D eigenvalue weighted by Crippen LogP contribution is -2.19. The van der Waals surface area contributed by atoms with E-state index in [0.717, 1.165) is 34.3 Å². The van der Waals surface area contributed by atoms with E-state index in [0.29, 0.717) is 12.1 Å². The van der Waals surface area contributed by atoms with Crippen molar-refractivity contribution in [2.24, 2.45) is 0 Å². The number of rotatable bonds is 6. The van der Waals surface area contributed by atoms with Crippen molar-refractivity contribution in [3.63, 3.8) is 0 Å². The van der Waals surface area contributed by atoms with E-state index in [9.17, 15) is 8.42 Å². The molecule has 0 aromatic carbocycles. The molecule has 0 amide bonds. The van der Waals surface area contributed by atoms with Gasteiger partial charge in [0.2, 0.25) is 0 Å². The van der Waals surface area contributed by atoms with Gasteiger partial charge in [0.25, 0.3) is 0 Å². The average Bonchev–Trinajstić information content (AvgIpc) is 3.12. The molecule has 24 heavy (non-hydrogen) atoms. The standard InChI is InChI=1S/C17H22N4O2S/c1-4-5-9-24(22,23)16(15-11(2)20-21-12(15)3)14-10-19-17-13(14)7-6-8-18-17/h6-8,10,16H,4-5,9H2,1-3H3,(H,18,19)(H,20,21). The zero-order valence-corrected chi connectivity index (χ0v) is 14.9. The van der Waals surface area contributed by atoms with Crippen LogP contribution in [0.15, 0.2) is 24.5 Å². The third kappa shape index (κ3) is 2.84. The first-order valence-corrected chi connectivity index (χ1v) is 9.82. The van der Waals surface area contributed by atoms with Crippen LogP contribution in [0.25, 0.3) is 11.0 Å². The smallest absolute Gasteiger partial charge is 0.161 e. The lowest BCUT2D eigenvalue weighted by Gasteiger charge is -2.18. The highest BCUT2D eigenvalue weighted by Crippen LogP contribution is 2.37. The predicted octanol–water partition coefficient (Wildman–Crippen LogP) is 3.21. The Morgan fingerprint density at radius 3 is 2.75 bits per heavy atom. The van der Waals surface area contributed by atoms with Gasteiger partial charge in [0.15, 0.2) is 9.84 Å². The first-order chi connectivity index (χ1) is 11.5. The van der Waals surface area contributed by atoms with Gasteiger partial charge in [-0.15, -0.1) is 0 Å². The van der Waals surface area contributed by atoms with Crippen molar-refractivity contribution in [3.05, 3.63) is 47.0 Å². The lowest BCUT2D eigenvalue weighted by atomic mass is 10.0. The van der Waals surface area contributed by atoms with Gasteiger partial charge in [0, 0.05) is 34.6 Å². The summed E-state index contributed by atoms with van der Waals surface area (Å²) in [6, 6.07) is 3.73. The van der Waals surface area contributed by atoms with Gasteiger partial charge in [0.1, 0.15) is 10.9 Å². The number of hydrogen-bond donors (Lipinski definition) is 2. The number of nitrogens with zero attached hydrogens (tertiary/aromatic N) is 2. The Morgan fingerprint density at radius 1 is 1.29 bits per heavy atom. The third-order valence-electron chi connectivity index (χ3n) is 4.35. The molecule has 3 heterocycles.